The molecule has 2 nitrogen and oxygen atoms in total. The Bertz CT molecular complexity index is 46.8. The molecule has 1 N–H and O–H groups in total. The molecule has 0 rings (SSSR count). The van der Waals surface area contributed by atoms with Gasteiger partial charge in [0.25, 0.3) is 0 Å². The second kappa shape index (κ2) is 6.24. The second-order valence-corrected chi connectivity index (χ2v) is 1.05. The zero-order valence-corrected chi connectivity index (χ0v) is 3.40. The van der Waals surface area contributed by atoms with E-state index in [1.807, 2.05) is 0 Å². The first-order chi connectivity index (χ1) is 2.27. The van der Waals surface area contributed by atoms with Gasteiger partial charge in [-0.2, -0.15) is 0 Å². The first kappa shape index (κ1) is 10.3. The number of rotatable bonds is 1. The van der Waals surface area contributed by atoms with Crippen LogP contribution < -0.4 is 0 Å². The molecule has 0 unspecified atom stereocenters. The van der Waals surface area contributed by atoms with Gasteiger partial charge in [0.1, 0.15) is 6.61 Å². The summed E-state index contributed by atoms with van der Waals surface area (Å²) in [6, 6.07) is 0. The standard InChI is InChI=1S/C2H4O2S.Ca.2H/c3-1-2(4)5;;;/h3H,1H2,(H,4,5);;;. The minimum atomic E-state index is -0.495. The summed E-state index contributed by atoms with van der Waals surface area (Å²) in [6.45, 7) is -0.469. The monoisotopic (exact) mass is 134 g/mol. The first-order valence-corrected chi connectivity index (χ1v) is 1.54. The second-order valence-electron chi connectivity index (χ2n) is 0.552. The van der Waals surface area contributed by atoms with E-state index in [9.17, 15) is 4.79 Å². The van der Waals surface area contributed by atoms with E-state index in [-0.39, 0.29) is 37.7 Å². The van der Waals surface area contributed by atoms with Gasteiger partial charge in [0.2, 0.25) is 5.12 Å². The molecular formula is C2H6CaO2S. The van der Waals surface area contributed by atoms with Crippen LogP contribution in [0.4, 0.5) is 0 Å². The summed E-state index contributed by atoms with van der Waals surface area (Å²) in [6.07, 6.45) is 0. The Morgan fingerprint density at radius 1 is 1.83 bits per heavy atom. The van der Waals surface area contributed by atoms with Gasteiger partial charge in [0.05, 0.1) is 0 Å². The van der Waals surface area contributed by atoms with Crippen molar-refractivity contribution in [1.82, 2.24) is 0 Å². The van der Waals surface area contributed by atoms with Crippen LogP contribution in [0.1, 0.15) is 0 Å². The summed E-state index contributed by atoms with van der Waals surface area (Å²) in [5.41, 5.74) is 0. The fraction of sp³-hybridized carbons (Fsp3) is 0.500. The van der Waals surface area contributed by atoms with Crippen LogP contribution in [0.5, 0.6) is 0 Å². The third-order valence-electron chi connectivity index (χ3n) is 0.135. The van der Waals surface area contributed by atoms with Crippen molar-refractivity contribution in [2.45, 2.75) is 0 Å². The zero-order chi connectivity index (χ0) is 4.28. The first-order valence-electron chi connectivity index (χ1n) is 1.10. The topological polar surface area (TPSA) is 37.3 Å². The molecule has 0 radical (unpaired) electrons. The molecule has 0 aromatic rings. The van der Waals surface area contributed by atoms with Crippen molar-refractivity contribution in [3.05, 3.63) is 0 Å². The van der Waals surface area contributed by atoms with Crippen molar-refractivity contribution in [1.29, 1.82) is 0 Å². The number of thiol groups is 1. The molecule has 0 aliphatic carbocycles. The predicted octanol–water partition coefficient (Wildman–Crippen LogP) is -1.48. The number of aliphatic hydroxyl groups is 1. The Labute approximate surface area is 71.3 Å². The van der Waals surface area contributed by atoms with E-state index in [1.54, 1.807) is 0 Å². The van der Waals surface area contributed by atoms with E-state index in [4.69, 9.17) is 5.11 Å². The van der Waals surface area contributed by atoms with Crippen molar-refractivity contribution in [3.63, 3.8) is 0 Å². The predicted molar refractivity (Wildman–Crippen MR) is 29.6 cm³/mol. The Morgan fingerprint density at radius 3 is 2.00 bits per heavy atom. The van der Waals surface area contributed by atoms with Crippen LogP contribution in [0.15, 0.2) is 0 Å². The van der Waals surface area contributed by atoms with Crippen LogP contribution in [0, 0.1) is 0 Å². The summed E-state index contributed by atoms with van der Waals surface area (Å²) in [5, 5.41) is 7.22. The number of hydrogen-bond acceptors (Lipinski definition) is 2. The average molecular weight is 134 g/mol. The summed E-state index contributed by atoms with van der Waals surface area (Å²) < 4.78 is 0. The van der Waals surface area contributed by atoms with Crippen LogP contribution >= 0.6 is 12.6 Å². The molecule has 0 aliphatic heterocycles. The van der Waals surface area contributed by atoms with Gasteiger partial charge in [-0.25, -0.2) is 0 Å². The molecule has 0 saturated carbocycles. The van der Waals surface area contributed by atoms with Crippen molar-refractivity contribution in [2.24, 2.45) is 0 Å². The van der Waals surface area contributed by atoms with Gasteiger partial charge in [-0.1, -0.05) is 0 Å². The van der Waals surface area contributed by atoms with Gasteiger partial charge in [-0.05, 0) is 0 Å². The number of hydrogen-bond donors (Lipinski definition) is 2. The van der Waals surface area contributed by atoms with Crippen molar-refractivity contribution >= 4 is 55.5 Å². The normalized spacial score (nSPS) is 6.33. The summed E-state index contributed by atoms with van der Waals surface area (Å²) in [7, 11) is 0. The van der Waals surface area contributed by atoms with Gasteiger partial charge in [-0.15, -0.1) is 12.6 Å². The molecule has 0 aromatic carbocycles. The van der Waals surface area contributed by atoms with E-state index >= 15 is 0 Å². The summed E-state index contributed by atoms with van der Waals surface area (Å²) in [5.74, 6) is 0. The van der Waals surface area contributed by atoms with Gasteiger partial charge in [0.15, 0.2) is 0 Å². The molecule has 0 spiro atoms. The van der Waals surface area contributed by atoms with Crippen LogP contribution in [0.25, 0.3) is 0 Å². The van der Waals surface area contributed by atoms with Gasteiger partial charge >= 0.3 is 37.7 Å². The molecule has 0 fully saturated rings. The van der Waals surface area contributed by atoms with Gasteiger partial charge in [0, 0.05) is 0 Å². The number of carbonyl (C=O) groups excluding carboxylic acids is 1. The van der Waals surface area contributed by atoms with Crippen LogP contribution in [-0.2, 0) is 4.79 Å². The molecule has 0 amide bonds. The minimum absolute atomic E-state index is 0. The van der Waals surface area contributed by atoms with Crippen molar-refractivity contribution in [2.75, 3.05) is 6.61 Å². The molecule has 0 heterocycles. The van der Waals surface area contributed by atoms with E-state index in [0.29, 0.717) is 0 Å². The number of carbonyl (C=O) groups is 1. The van der Waals surface area contributed by atoms with Crippen molar-refractivity contribution < 1.29 is 9.90 Å². The zero-order valence-electron chi connectivity index (χ0n) is 2.51. The summed E-state index contributed by atoms with van der Waals surface area (Å²) in [4.78, 5) is 9.43. The maximum absolute atomic E-state index is 9.43. The average Bonchev–Trinajstić information content (AvgIpc) is 1.38. The number of aliphatic hydroxyl groups excluding tert-OH is 1. The SMILES string of the molecule is O=C(S)CO.[CaH2]. The molecule has 0 atom stereocenters. The molecule has 0 saturated heterocycles. The van der Waals surface area contributed by atoms with Crippen LogP contribution in [0.3, 0.4) is 0 Å². The fourth-order valence-corrected chi connectivity index (χ4v) is 0. The Hall–Kier alpha value is 1.24. The quantitative estimate of drug-likeness (QED) is 0.339. The van der Waals surface area contributed by atoms with Crippen LogP contribution in [-0.4, -0.2) is 54.6 Å². The molecule has 34 valence electrons. The van der Waals surface area contributed by atoms with Crippen molar-refractivity contribution in [3.8, 4) is 0 Å². The molecule has 0 aromatic heterocycles. The molecule has 0 bridgehead atoms. The van der Waals surface area contributed by atoms with Crippen LogP contribution in [0.2, 0.25) is 0 Å². The fourth-order valence-electron chi connectivity index (χ4n) is 0. The van der Waals surface area contributed by atoms with E-state index in [0.717, 1.165) is 0 Å². The van der Waals surface area contributed by atoms with Gasteiger partial charge in [-0.3, -0.25) is 4.79 Å². The Kier molecular flexibility index (Phi) is 10.7. The molecule has 6 heavy (non-hydrogen) atoms. The molecular weight excluding hydrogens is 128 g/mol. The Morgan fingerprint density at radius 2 is 2.00 bits per heavy atom. The molecule has 4 heteroatoms. The third-order valence-corrected chi connectivity index (χ3v) is 0.277. The Balaban J connectivity index is 0. The molecule has 0 aliphatic rings. The summed E-state index contributed by atoms with van der Waals surface area (Å²) >= 11 is 3.21. The van der Waals surface area contributed by atoms with Gasteiger partial charge < -0.3 is 5.11 Å². The van der Waals surface area contributed by atoms with E-state index in [1.165, 1.54) is 0 Å². The third kappa shape index (κ3) is 8.97. The van der Waals surface area contributed by atoms with E-state index in [2.05, 4.69) is 12.6 Å². The maximum atomic E-state index is 9.43. The van der Waals surface area contributed by atoms with E-state index < -0.39 is 11.7 Å².